The van der Waals surface area contributed by atoms with E-state index in [1.165, 1.54) is 4.31 Å². The van der Waals surface area contributed by atoms with Gasteiger partial charge < -0.3 is 9.64 Å². The van der Waals surface area contributed by atoms with Crippen LogP contribution in [0, 0.1) is 0 Å². The van der Waals surface area contributed by atoms with Crippen molar-refractivity contribution in [2.24, 2.45) is 0 Å². The molecule has 0 aliphatic carbocycles. The number of hydrogen-bond acceptors (Lipinski definition) is 5. The number of carbonyl (C=O) groups is 1. The molecule has 0 saturated carbocycles. The van der Waals surface area contributed by atoms with Crippen LogP contribution in [0.2, 0.25) is 0 Å². The average molecular weight is 367 g/mol. The Morgan fingerprint density at radius 3 is 2.76 bits per heavy atom. The number of benzene rings is 1. The molecular formula is C17H25N3O4S. The van der Waals surface area contributed by atoms with E-state index in [1.54, 1.807) is 37.2 Å². The minimum atomic E-state index is -3.52. The van der Waals surface area contributed by atoms with Gasteiger partial charge in [0.15, 0.2) is 0 Å². The van der Waals surface area contributed by atoms with E-state index in [-0.39, 0.29) is 5.91 Å². The molecule has 0 spiro atoms. The molecule has 1 aromatic rings. The fourth-order valence-corrected chi connectivity index (χ4v) is 4.67. The van der Waals surface area contributed by atoms with E-state index in [2.05, 4.69) is 0 Å². The maximum Gasteiger partial charge on any atom is 0.243 e. The highest BCUT2D eigenvalue weighted by molar-refractivity contribution is 7.89. The van der Waals surface area contributed by atoms with Gasteiger partial charge in [0.05, 0.1) is 18.0 Å². The molecule has 1 aromatic carbocycles. The fraction of sp³-hybridized carbons (Fsp3) is 0.588. The Morgan fingerprint density at radius 2 is 2.00 bits per heavy atom. The molecule has 8 heteroatoms. The Morgan fingerprint density at radius 1 is 1.20 bits per heavy atom. The molecule has 0 unspecified atom stereocenters. The predicted molar refractivity (Wildman–Crippen MR) is 94.2 cm³/mol. The van der Waals surface area contributed by atoms with Crippen LogP contribution in [-0.4, -0.2) is 81.9 Å². The van der Waals surface area contributed by atoms with Gasteiger partial charge in [-0.2, -0.15) is 4.31 Å². The zero-order chi connectivity index (χ0) is 18.0. The largest absolute Gasteiger partial charge is 0.493 e. The van der Waals surface area contributed by atoms with Crippen molar-refractivity contribution < 1.29 is 17.9 Å². The van der Waals surface area contributed by atoms with Crippen molar-refractivity contribution in [3.8, 4) is 5.75 Å². The molecule has 0 aromatic heterocycles. The van der Waals surface area contributed by atoms with Crippen molar-refractivity contribution in [2.75, 3.05) is 53.4 Å². The summed E-state index contributed by atoms with van der Waals surface area (Å²) in [6, 6.07) is 5.10. The van der Waals surface area contributed by atoms with Gasteiger partial charge in [-0.05, 0) is 36.7 Å². The summed E-state index contributed by atoms with van der Waals surface area (Å²) in [5.41, 5.74) is 0.953. The highest BCUT2D eigenvalue weighted by Crippen LogP contribution is 2.29. The summed E-state index contributed by atoms with van der Waals surface area (Å²) >= 11 is 0. The van der Waals surface area contributed by atoms with Crippen LogP contribution in [0.1, 0.15) is 12.0 Å². The first-order valence-electron chi connectivity index (χ1n) is 8.56. The van der Waals surface area contributed by atoms with Gasteiger partial charge in [-0.15, -0.1) is 0 Å². The maximum atomic E-state index is 13.0. The Kier molecular flexibility index (Phi) is 5.31. The molecule has 7 nitrogen and oxygen atoms in total. The number of likely N-dealkylation sites (N-methyl/N-ethyl adjacent to an activating group) is 1. The van der Waals surface area contributed by atoms with E-state index in [0.717, 1.165) is 24.3 Å². The first-order valence-corrected chi connectivity index (χ1v) is 10.0. The van der Waals surface area contributed by atoms with Gasteiger partial charge in [0.25, 0.3) is 0 Å². The molecule has 3 rings (SSSR count). The normalized spacial score (nSPS) is 19.1. The predicted octanol–water partition coefficient (Wildman–Crippen LogP) is 0.406. The molecule has 2 aliphatic rings. The van der Waals surface area contributed by atoms with Crippen LogP contribution in [0.4, 0.5) is 0 Å². The van der Waals surface area contributed by atoms with E-state index in [4.69, 9.17) is 4.74 Å². The van der Waals surface area contributed by atoms with Crippen molar-refractivity contribution in [2.45, 2.75) is 17.7 Å². The molecule has 1 saturated heterocycles. The fourth-order valence-electron chi connectivity index (χ4n) is 3.15. The van der Waals surface area contributed by atoms with Gasteiger partial charge in [0, 0.05) is 40.2 Å². The molecule has 0 atom stereocenters. The summed E-state index contributed by atoms with van der Waals surface area (Å²) in [6.07, 6.45) is 1.47. The molecule has 0 N–H and O–H groups in total. The third kappa shape index (κ3) is 3.96. The highest BCUT2D eigenvalue weighted by atomic mass is 32.2. The lowest BCUT2D eigenvalue weighted by Gasteiger charge is -2.22. The number of fused-ring (bicyclic) bond motifs is 1. The number of sulfonamides is 1. The van der Waals surface area contributed by atoms with Gasteiger partial charge in [-0.3, -0.25) is 9.69 Å². The van der Waals surface area contributed by atoms with Crippen LogP contribution >= 0.6 is 0 Å². The zero-order valence-corrected chi connectivity index (χ0v) is 15.6. The minimum absolute atomic E-state index is 0.0370. The quantitative estimate of drug-likeness (QED) is 0.771. The molecule has 2 heterocycles. The lowest BCUT2D eigenvalue weighted by atomic mass is 10.2. The van der Waals surface area contributed by atoms with Crippen molar-refractivity contribution in [3.05, 3.63) is 23.8 Å². The monoisotopic (exact) mass is 367 g/mol. The third-order valence-corrected chi connectivity index (χ3v) is 6.60. The number of carbonyl (C=O) groups excluding carboxylic acids is 1. The number of ether oxygens (including phenoxy) is 1. The van der Waals surface area contributed by atoms with E-state index in [9.17, 15) is 13.2 Å². The van der Waals surface area contributed by atoms with Gasteiger partial charge in [0.1, 0.15) is 5.75 Å². The zero-order valence-electron chi connectivity index (χ0n) is 14.8. The summed E-state index contributed by atoms with van der Waals surface area (Å²) in [5.74, 6) is 0.818. The molecule has 0 bridgehead atoms. The van der Waals surface area contributed by atoms with E-state index in [1.807, 2.05) is 4.90 Å². The molecule has 25 heavy (non-hydrogen) atoms. The van der Waals surface area contributed by atoms with Gasteiger partial charge >= 0.3 is 0 Å². The van der Waals surface area contributed by atoms with Gasteiger partial charge in [-0.1, -0.05) is 0 Å². The summed E-state index contributed by atoms with van der Waals surface area (Å²) in [6.45, 7) is 3.10. The van der Waals surface area contributed by atoms with Crippen LogP contribution in [0.15, 0.2) is 23.1 Å². The summed E-state index contributed by atoms with van der Waals surface area (Å²) in [7, 11) is -0.0581. The standard InChI is InChI=1S/C17H25N3O4S/c1-18(2)17(21)13-19-7-3-8-20(10-9-19)25(22,23)15-4-5-16-14(12-15)6-11-24-16/h4-5,12H,3,6-11,13H2,1-2H3. The SMILES string of the molecule is CN(C)C(=O)CN1CCCN(S(=O)(=O)c2ccc3c(c2)CCO3)CC1. The molecule has 0 radical (unpaired) electrons. The van der Waals surface area contributed by atoms with Crippen LogP contribution < -0.4 is 4.74 Å². The van der Waals surface area contributed by atoms with E-state index < -0.39 is 10.0 Å². The number of rotatable bonds is 4. The highest BCUT2D eigenvalue weighted by Gasteiger charge is 2.28. The van der Waals surface area contributed by atoms with Crippen LogP contribution in [0.3, 0.4) is 0 Å². The Hall–Kier alpha value is -1.64. The van der Waals surface area contributed by atoms with Crippen LogP contribution in [0.5, 0.6) is 5.75 Å². The van der Waals surface area contributed by atoms with Crippen LogP contribution in [-0.2, 0) is 21.2 Å². The molecule has 1 amide bonds. The van der Waals surface area contributed by atoms with E-state index >= 15 is 0 Å². The van der Waals surface area contributed by atoms with E-state index in [0.29, 0.717) is 44.1 Å². The maximum absolute atomic E-state index is 13.0. The Labute approximate surface area is 149 Å². The Balaban J connectivity index is 1.70. The van der Waals surface area contributed by atoms with Crippen molar-refractivity contribution in [3.63, 3.8) is 0 Å². The number of hydrogen-bond donors (Lipinski definition) is 0. The van der Waals surface area contributed by atoms with Gasteiger partial charge in [0.2, 0.25) is 15.9 Å². The average Bonchev–Trinajstić information content (AvgIpc) is 2.92. The van der Waals surface area contributed by atoms with Crippen molar-refractivity contribution in [1.29, 1.82) is 0 Å². The topological polar surface area (TPSA) is 70.2 Å². The minimum Gasteiger partial charge on any atom is -0.493 e. The molecule has 2 aliphatic heterocycles. The second-order valence-electron chi connectivity index (χ2n) is 6.69. The molecular weight excluding hydrogens is 342 g/mol. The van der Waals surface area contributed by atoms with Crippen molar-refractivity contribution >= 4 is 15.9 Å². The van der Waals surface area contributed by atoms with Crippen molar-refractivity contribution in [1.82, 2.24) is 14.1 Å². The molecule has 138 valence electrons. The number of nitrogens with zero attached hydrogens (tertiary/aromatic N) is 3. The lowest BCUT2D eigenvalue weighted by molar-refractivity contribution is -0.129. The van der Waals surface area contributed by atoms with Gasteiger partial charge in [-0.25, -0.2) is 8.42 Å². The van der Waals surface area contributed by atoms with Crippen LogP contribution in [0.25, 0.3) is 0 Å². The second-order valence-corrected chi connectivity index (χ2v) is 8.63. The smallest absolute Gasteiger partial charge is 0.243 e. The first kappa shape index (κ1) is 18.2. The first-order chi connectivity index (χ1) is 11.9. The summed E-state index contributed by atoms with van der Waals surface area (Å²) < 4.78 is 32.9. The summed E-state index contributed by atoms with van der Waals surface area (Å²) in [4.78, 5) is 15.8. The molecule has 1 fully saturated rings. The third-order valence-electron chi connectivity index (χ3n) is 4.70. The lowest BCUT2D eigenvalue weighted by Crippen LogP contribution is -2.39. The summed E-state index contributed by atoms with van der Waals surface area (Å²) in [5, 5.41) is 0. The Bertz CT molecular complexity index is 748. The number of amides is 1. The second kappa shape index (κ2) is 7.31.